The first-order valence-corrected chi connectivity index (χ1v) is 9.59. The van der Waals surface area contributed by atoms with Crippen molar-refractivity contribution in [1.82, 2.24) is 15.6 Å². The van der Waals surface area contributed by atoms with E-state index in [1.807, 2.05) is 0 Å². The van der Waals surface area contributed by atoms with Gasteiger partial charge in [-0.05, 0) is 56.6 Å². The van der Waals surface area contributed by atoms with E-state index in [0.717, 1.165) is 49.8 Å². The molecule has 2 amide bonds. The molecule has 3 N–H and O–H groups in total. The maximum Gasteiger partial charge on any atom is 0.261 e. The van der Waals surface area contributed by atoms with Crippen molar-refractivity contribution < 1.29 is 14.3 Å². The standard InChI is InChI=1S/C19H25N3O4/c23-16-8-7-14(17(22-16)15-6-3-9-26-15)21-19(25)12-10-11-4-1-2-5-13(11)20-18(12)24/h10,14-15,17H,1-9H2,(H,20,24)(H,21,25)(H,22,23)/t14-,15+,17-/m0/s1. The lowest BCUT2D eigenvalue weighted by molar-refractivity contribution is -0.125. The molecule has 3 atom stereocenters. The topological polar surface area (TPSA) is 100 Å². The van der Waals surface area contributed by atoms with Crippen LogP contribution in [0.15, 0.2) is 10.9 Å². The van der Waals surface area contributed by atoms with E-state index in [1.54, 1.807) is 6.07 Å². The molecule has 3 heterocycles. The van der Waals surface area contributed by atoms with Gasteiger partial charge in [0.2, 0.25) is 5.91 Å². The number of nitrogens with one attached hydrogen (secondary N) is 3. The number of aromatic amines is 1. The molecular weight excluding hydrogens is 334 g/mol. The zero-order chi connectivity index (χ0) is 18.1. The highest BCUT2D eigenvalue weighted by Crippen LogP contribution is 2.23. The van der Waals surface area contributed by atoms with Gasteiger partial charge in [-0.1, -0.05) is 0 Å². The summed E-state index contributed by atoms with van der Waals surface area (Å²) in [4.78, 5) is 39.8. The number of hydrogen-bond acceptors (Lipinski definition) is 4. The smallest absolute Gasteiger partial charge is 0.261 e. The first kappa shape index (κ1) is 17.3. The summed E-state index contributed by atoms with van der Waals surface area (Å²) in [5, 5.41) is 5.94. The molecule has 1 aromatic heterocycles. The number of aromatic nitrogens is 1. The Morgan fingerprint density at radius 2 is 1.96 bits per heavy atom. The van der Waals surface area contributed by atoms with Crippen LogP contribution in [0.2, 0.25) is 0 Å². The van der Waals surface area contributed by atoms with E-state index in [2.05, 4.69) is 15.6 Å². The molecule has 1 aromatic rings. The Kier molecular flexibility index (Phi) is 4.80. The molecule has 0 saturated carbocycles. The maximum absolute atomic E-state index is 12.8. The molecule has 7 heteroatoms. The van der Waals surface area contributed by atoms with Gasteiger partial charge >= 0.3 is 0 Å². The fourth-order valence-corrected chi connectivity index (χ4v) is 4.31. The van der Waals surface area contributed by atoms with Gasteiger partial charge < -0.3 is 20.4 Å². The highest BCUT2D eigenvalue weighted by Gasteiger charge is 2.38. The number of pyridine rings is 1. The summed E-state index contributed by atoms with van der Waals surface area (Å²) in [6, 6.07) is 1.28. The number of ether oxygens (including phenoxy) is 1. The van der Waals surface area contributed by atoms with E-state index in [1.165, 1.54) is 0 Å². The molecule has 0 bridgehead atoms. The van der Waals surface area contributed by atoms with Crippen LogP contribution in [0.25, 0.3) is 0 Å². The van der Waals surface area contributed by atoms with Gasteiger partial charge in [-0.2, -0.15) is 0 Å². The Hall–Kier alpha value is -2.15. The third-order valence-electron chi connectivity index (χ3n) is 5.71. The van der Waals surface area contributed by atoms with Crippen molar-refractivity contribution >= 4 is 11.8 Å². The molecule has 2 saturated heterocycles. The number of rotatable bonds is 3. The lowest BCUT2D eigenvalue weighted by atomic mass is 9.91. The third-order valence-corrected chi connectivity index (χ3v) is 5.71. The fourth-order valence-electron chi connectivity index (χ4n) is 4.31. The van der Waals surface area contributed by atoms with Crippen molar-refractivity contribution in [3.05, 3.63) is 33.2 Å². The van der Waals surface area contributed by atoms with Crippen molar-refractivity contribution in [3.8, 4) is 0 Å². The second-order valence-corrected chi connectivity index (χ2v) is 7.49. The van der Waals surface area contributed by atoms with Gasteiger partial charge in [-0.15, -0.1) is 0 Å². The van der Waals surface area contributed by atoms with Crippen molar-refractivity contribution in [2.45, 2.75) is 69.6 Å². The van der Waals surface area contributed by atoms with Gasteiger partial charge in [0.1, 0.15) is 5.56 Å². The van der Waals surface area contributed by atoms with E-state index in [4.69, 9.17) is 4.74 Å². The summed E-state index contributed by atoms with van der Waals surface area (Å²) in [5.74, 6) is -0.383. The minimum Gasteiger partial charge on any atom is -0.376 e. The van der Waals surface area contributed by atoms with Gasteiger partial charge in [-0.25, -0.2) is 0 Å². The summed E-state index contributed by atoms with van der Waals surface area (Å²) in [5.41, 5.74) is 1.85. The van der Waals surface area contributed by atoms with Crippen LogP contribution in [0.1, 0.15) is 60.1 Å². The summed E-state index contributed by atoms with van der Waals surface area (Å²) >= 11 is 0. The van der Waals surface area contributed by atoms with Gasteiger partial charge in [0.25, 0.3) is 11.5 Å². The number of hydrogen-bond donors (Lipinski definition) is 3. The maximum atomic E-state index is 12.8. The molecule has 3 aliphatic rings. The van der Waals surface area contributed by atoms with Crippen LogP contribution in [0.5, 0.6) is 0 Å². The molecular formula is C19H25N3O4. The van der Waals surface area contributed by atoms with Gasteiger partial charge in [0.05, 0.1) is 18.2 Å². The number of amides is 2. The van der Waals surface area contributed by atoms with Crippen LogP contribution in [0, 0.1) is 0 Å². The predicted molar refractivity (Wildman–Crippen MR) is 95.1 cm³/mol. The van der Waals surface area contributed by atoms with Crippen LogP contribution in [-0.4, -0.2) is 41.6 Å². The van der Waals surface area contributed by atoms with Gasteiger partial charge in [0, 0.05) is 18.7 Å². The summed E-state index contributed by atoms with van der Waals surface area (Å²) in [6.07, 6.45) is 6.59. The lowest BCUT2D eigenvalue weighted by Gasteiger charge is -2.36. The molecule has 0 aromatic carbocycles. The molecule has 4 rings (SSSR count). The zero-order valence-electron chi connectivity index (χ0n) is 14.8. The Morgan fingerprint density at radius 1 is 1.12 bits per heavy atom. The largest absolute Gasteiger partial charge is 0.376 e. The normalized spacial score (nSPS) is 28.3. The molecule has 0 radical (unpaired) electrons. The van der Waals surface area contributed by atoms with Crippen LogP contribution in [-0.2, 0) is 22.4 Å². The summed E-state index contributed by atoms with van der Waals surface area (Å²) in [7, 11) is 0. The number of carbonyl (C=O) groups excluding carboxylic acids is 2. The first-order valence-electron chi connectivity index (χ1n) is 9.59. The molecule has 1 aliphatic carbocycles. The van der Waals surface area contributed by atoms with Gasteiger partial charge in [0.15, 0.2) is 0 Å². The van der Waals surface area contributed by atoms with Crippen LogP contribution in [0.3, 0.4) is 0 Å². The second-order valence-electron chi connectivity index (χ2n) is 7.49. The average Bonchev–Trinajstić information content (AvgIpc) is 3.17. The molecule has 2 fully saturated rings. The number of piperidine rings is 1. The highest BCUT2D eigenvalue weighted by atomic mass is 16.5. The molecule has 0 spiro atoms. The Labute approximate surface area is 151 Å². The Morgan fingerprint density at radius 3 is 2.77 bits per heavy atom. The van der Waals surface area contributed by atoms with Crippen molar-refractivity contribution in [3.63, 3.8) is 0 Å². The number of H-pyrrole nitrogens is 1. The highest BCUT2D eigenvalue weighted by molar-refractivity contribution is 5.94. The van der Waals surface area contributed by atoms with E-state index in [-0.39, 0.29) is 41.1 Å². The molecule has 26 heavy (non-hydrogen) atoms. The summed E-state index contributed by atoms with van der Waals surface area (Å²) < 4.78 is 5.72. The monoisotopic (exact) mass is 359 g/mol. The van der Waals surface area contributed by atoms with E-state index in [0.29, 0.717) is 19.4 Å². The quantitative estimate of drug-likeness (QED) is 0.743. The van der Waals surface area contributed by atoms with E-state index < -0.39 is 0 Å². The van der Waals surface area contributed by atoms with Crippen LogP contribution >= 0.6 is 0 Å². The molecule has 0 unspecified atom stereocenters. The molecule has 140 valence electrons. The van der Waals surface area contributed by atoms with Crippen molar-refractivity contribution in [2.75, 3.05) is 6.61 Å². The van der Waals surface area contributed by atoms with Gasteiger partial charge in [-0.3, -0.25) is 14.4 Å². The minimum atomic E-state index is -0.372. The minimum absolute atomic E-state index is 0.0115. The van der Waals surface area contributed by atoms with Crippen LogP contribution in [0.4, 0.5) is 0 Å². The molecule has 2 aliphatic heterocycles. The fraction of sp³-hybridized carbons (Fsp3) is 0.632. The summed E-state index contributed by atoms with van der Waals surface area (Å²) in [6.45, 7) is 0.683. The number of carbonyl (C=O) groups is 2. The van der Waals surface area contributed by atoms with Crippen LogP contribution < -0.4 is 16.2 Å². The molecule has 7 nitrogen and oxygen atoms in total. The third kappa shape index (κ3) is 3.40. The van der Waals surface area contributed by atoms with Crippen molar-refractivity contribution in [2.24, 2.45) is 0 Å². The van der Waals surface area contributed by atoms with Crippen molar-refractivity contribution in [1.29, 1.82) is 0 Å². The predicted octanol–water partition coefficient (Wildman–Crippen LogP) is 0.810. The number of fused-ring (bicyclic) bond motifs is 1. The average molecular weight is 359 g/mol. The number of aryl methyl sites for hydroxylation is 2. The van der Waals surface area contributed by atoms with E-state index in [9.17, 15) is 14.4 Å². The Balaban J connectivity index is 1.53. The lowest BCUT2D eigenvalue weighted by Crippen LogP contribution is -2.60. The SMILES string of the molecule is O=C1CC[C@H](NC(=O)c2cc3c([nH]c2=O)CCCC3)[C@@H]([C@H]2CCCO2)N1. The Bertz CT molecular complexity index is 767. The zero-order valence-corrected chi connectivity index (χ0v) is 14.8. The first-order chi connectivity index (χ1) is 12.6. The second kappa shape index (κ2) is 7.23. The van der Waals surface area contributed by atoms with E-state index >= 15 is 0 Å².